The number of benzene rings is 1. The number of aromatic hydroxyl groups is 1. The molecule has 0 spiro atoms. The van der Waals surface area contributed by atoms with E-state index in [1.165, 1.54) is 27.4 Å². The first kappa shape index (κ1) is 24.3. The van der Waals surface area contributed by atoms with Crippen molar-refractivity contribution in [3.8, 4) is 11.5 Å². The van der Waals surface area contributed by atoms with Crippen molar-refractivity contribution < 1.29 is 38.4 Å². The minimum Gasteiger partial charge on any atom is -0.504 e. The molecule has 0 aromatic heterocycles. The zero-order valence-corrected chi connectivity index (χ0v) is 19.4. The van der Waals surface area contributed by atoms with E-state index in [4.69, 9.17) is 18.9 Å². The fourth-order valence-corrected chi connectivity index (χ4v) is 4.45. The number of carbonyl (C=O) groups excluding carboxylic acids is 3. The van der Waals surface area contributed by atoms with E-state index in [2.05, 4.69) is 5.32 Å². The van der Waals surface area contributed by atoms with Crippen LogP contribution >= 0.6 is 0 Å². The Morgan fingerprint density at radius 3 is 2.55 bits per heavy atom. The van der Waals surface area contributed by atoms with E-state index in [9.17, 15) is 19.5 Å². The molecule has 0 bridgehead atoms. The lowest BCUT2D eigenvalue weighted by Crippen LogP contribution is -2.43. The van der Waals surface area contributed by atoms with Gasteiger partial charge in [0.1, 0.15) is 12.5 Å². The van der Waals surface area contributed by atoms with Crippen LogP contribution in [-0.2, 0) is 28.6 Å². The van der Waals surface area contributed by atoms with Gasteiger partial charge in [-0.25, -0.2) is 4.79 Å². The number of Topliss-reactive ketones (excluding diaryl/α,β-unsaturated/α-hetero) is 1. The first-order chi connectivity index (χ1) is 15.7. The van der Waals surface area contributed by atoms with Crippen LogP contribution in [0.25, 0.3) is 0 Å². The molecule has 2 N–H and O–H groups in total. The number of esters is 2. The third kappa shape index (κ3) is 4.59. The van der Waals surface area contributed by atoms with Gasteiger partial charge in [0.05, 0.1) is 26.4 Å². The van der Waals surface area contributed by atoms with Crippen LogP contribution in [0.2, 0.25) is 0 Å². The summed E-state index contributed by atoms with van der Waals surface area (Å²) in [5.74, 6) is -3.61. The van der Waals surface area contributed by atoms with Gasteiger partial charge in [-0.3, -0.25) is 9.59 Å². The van der Waals surface area contributed by atoms with Crippen LogP contribution in [-0.4, -0.2) is 57.4 Å². The molecule has 0 fully saturated rings. The Bertz CT molecular complexity index is 1030. The second-order valence-corrected chi connectivity index (χ2v) is 8.10. The van der Waals surface area contributed by atoms with Crippen LogP contribution in [0.5, 0.6) is 11.5 Å². The van der Waals surface area contributed by atoms with Crippen LogP contribution in [0.3, 0.4) is 0 Å². The van der Waals surface area contributed by atoms with Gasteiger partial charge in [0, 0.05) is 30.0 Å². The monoisotopic (exact) mass is 459 g/mol. The molecule has 1 aromatic carbocycles. The summed E-state index contributed by atoms with van der Waals surface area (Å²) in [6, 6.07) is 4.63. The van der Waals surface area contributed by atoms with Crippen LogP contribution in [0.15, 0.2) is 40.7 Å². The number of phenolic OH excluding ortho intramolecular Hbond substituents is 1. The van der Waals surface area contributed by atoms with Crippen molar-refractivity contribution >= 4 is 17.7 Å². The van der Waals surface area contributed by atoms with Crippen molar-refractivity contribution in [2.24, 2.45) is 11.8 Å². The number of nitrogens with one attached hydrogen (secondary N) is 1. The molecular weight excluding hydrogens is 430 g/mol. The number of phenols is 1. The van der Waals surface area contributed by atoms with Gasteiger partial charge in [-0.1, -0.05) is 13.0 Å². The van der Waals surface area contributed by atoms with Crippen molar-refractivity contribution in [1.29, 1.82) is 0 Å². The Morgan fingerprint density at radius 2 is 1.91 bits per heavy atom. The number of ketones is 1. The second-order valence-electron chi connectivity index (χ2n) is 8.10. The molecule has 1 aliphatic heterocycles. The topological polar surface area (TPSA) is 120 Å². The standard InChI is InChI=1S/C24H29NO8/c1-12-10-15-21(22(27)18(12)23(28)32-5)20(14-6-7-16(26)17(11-14)31-4)19(13(2)25-15)24(29)33-9-8-30-3/h6-7,11-12,18,20,25-26H,8-10H2,1-5H3/t12-,18-,20+/m1/s1. The molecule has 1 aromatic rings. The SMILES string of the molecule is COCCOC(=O)C1=C(C)NC2=C(C(=O)[C@H](C(=O)OC)[C@H](C)C2)[C@H]1c1ccc(O)c(OC)c1. The van der Waals surface area contributed by atoms with Gasteiger partial charge in [0.2, 0.25) is 0 Å². The number of rotatable bonds is 7. The number of carbonyl (C=O) groups is 3. The van der Waals surface area contributed by atoms with Crippen LogP contribution in [0, 0.1) is 11.8 Å². The summed E-state index contributed by atoms with van der Waals surface area (Å²) in [7, 11) is 4.15. The van der Waals surface area contributed by atoms with Crippen molar-refractivity contribution in [3.63, 3.8) is 0 Å². The summed E-state index contributed by atoms with van der Waals surface area (Å²) < 4.78 is 20.5. The average Bonchev–Trinajstić information content (AvgIpc) is 2.78. The Balaban J connectivity index is 2.16. The molecular formula is C24H29NO8. The molecule has 3 atom stereocenters. The van der Waals surface area contributed by atoms with Crippen molar-refractivity contribution in [1.82, 2.24) is 5.32 Å². The van der Waals surface area contributed by atoms with Gasteiger partial charge in [0.15, 0.2) is 17.3 Å². The summed E-state index contributed by atoms with van der Waals surface area (Å²) in [5.41, 5.74) is 2.29. The maximum absolute atomic E-state index is 13.6. The zero-order chi connectivity index (χ0) is 24.3. The quantitative estimate of drug-likeness (QED) is 0.359. The summed E-state index contributed by atoms with van der Waals surface area (Å²) in [5, 5.41) is 13.3. The Kier molecular flexibility index (Phi) is 7.43. The first-order valence-corrected chi connectivity index (χ1v) is 10.6. The summed E-state index contributed by atoms with van der Waals surface area (Å²) in [6.45, 7) is 3.82. The van der Waals surface area contributed by atoms with Crippen molar-refractivity contribution in [3.05, 3.63) is 46.3 Å². The van der Waals surface area contributed by atoms with Gasteiger partial charge in [-0.2, -0.15) is 0 Å². The van der Waals surface area contributed by atoms with Crippen molar-refractivity contribution in [2.75, 3.05) is 34.5 Å². The molecule has 0 saturated heterocycles. The summed E-state index contributed by atoms with van der Waals surface area (Å²) in [6.07, 6.45) is 0.426. The molecule has 3 rings (SSSR count). The normalized spacial score (nSPS) is 22.5. The van der Waals surface area contributed by atoms with Gasteiger partial charge in [0.25, 0.3) is 0 Å². The molecule has 0 unspecified atom stereocenters. The summed E-state index contributed by atoms with van der Waals surface area (Å²) in [4.78, 5) is 39.2. The van der Waals surface area contributed by atoms with Gasteiger partial charge < -0.3 is 29.4 Å². The van der Waals surface area contributed by atoms with E-state index >= 15 is 0 Å². The fraction of sp³-hybridized carbons (Fsp3) is 0.458. The van der Waals surface area contributed by atoms with Gasteiger partial charge >= 0.3 is 11.9 Å². The Labute approximate surface area is 192 Å². The predicted octanol–water partition coefficient (Wildman–Crippen LogP) is 2.20. The third-order valence-corrected chi connectivity index (χ3v) is 6.02. The molecule has 33 heavy (non-hydrogen) atoms. The number of allylic oxidation sites excluding steroid dienone is 3. The van der Waals surface area contributed by atoms with Crippen molar-refractivity contribution in [2.45, 2.75) is 26.2 Å². The zero-order valence-electron chi connectivity index (χ0n) is 19.4. The number of hydrogen-bond donors (Lipinski definition) is 2. The Morgan fingerprint density at radius 1 is 1.18 bits per heavy atom. The highest BCUT2D eigenvalue weighted by Gasteiger charge is 2.47. The average molecular weight is 459 g/mol. The van der Waals surface area contributed by atoms with E-state index in [0.717, 1.165) is 0 Å². The molecule has 9 heteroatoms. The number of hydrogen-bond acceptors (Lipinski definition) is 9. The number of ether oxygens (including phenoxy) is 4. The molecule has 9 nitrogen and oxygen atoms in total. The lowest BCUT2D eigenvalue weighted by Gasteiger charge is -2.38. The van der Waals surface area contributed by atoms with Crippen LogP contribution < -0.4 is 10.1 Å². The fourth-order valence-electron chi connectivity index (χ4n) is 4.45. The predicted molar refractivity (Wildman–Crippen MR) is 117 cm³/mol. The highest BCUT2D eigenvalue weighted by atomic mass is 16.6. The lowest BCUT2D eigenvalue weighted by molar-refractivity contribution is -0.151. The highest BCUT2D eigenvalue weighted by molar-refractivity contribution is 6.12. The first-order valence-electron chi connectivity index (χ1n) is 10.6. The highest BCUT2D eigenvalue weighted by Crippen LogP contribution is 2.46. The molecule has 178 valence electrons. The van der Waals surface area contributed by atoms with Crippen LogP contribution in [0.1, 0.15) is 31.7 Å². The number of methoxy groups -OCH3 is 3. The third-order valence-electron chi connectivity index (χ3n) is 6.02. The van der Waals surface area contributed by atoms with Crippen LogP contribution in [0.4, 0.5) is 0 Å². The van der Waals surface area contributed by atoms with E-state index < -0.39 is 29.6 Å². The molecule has 0 saturated carbocycles. The summed E-state index contributed by atoms with van der Waals surface area (Å²) >= 11 is 0. The van der Waals surface area contributed by atoms with Gasteiger partial charge in [-0.05, 0) is 37.0 Å². The molecule has 2 aliphatic rings. The van der Waals surface area contributed by atoms with Gasteiger partial charge in [-0.15, -0.1) is 0 Å². The van der Waals surface area contributed by atoms with E-state index in [1.807, 2.05) is 6.92 Å². The van der Waals surface area contributed by atoms with E-state index in [0.29, 0.717) is 29.0 Å². The Hall–Kier alpha value is -3.33. The molecule has 0 radical (unpaired) electrons. The largest absolute Gasteiger partial charge is 0.504 e. The maximum Gasteiger partial charge on any atom is 0.336 e. The maximum atomic E-state index is 13.6. The minimum atomic E-state index is -0.985. The molecule has 0 amide bonds. The minimum absolute atomic E-state index is 0.0411. The lowest BCUT2D eigenvalue weighted by atomic mass is 9.69. The molecule has 1 heterocycles. The molecule has 1 aliphatic carbocycles. The van der Waals surface area contributed by atoms with E-state index in [1.54, 1.807) is 19.1 Å². The smallest absolute Gasteiger partial charge is 0.336 e. The number of dihydropyridines is 1. The second kappa shape index (κ2) is 10.1. The van der Waals surface area contributed by atoms with E-state index in [-0.39, 0.29) is 36.2 Å².